The summed E-state index contributed by atoms with van der Waals surface area (Å²) in [4.78, 5) is 2.32. The number of benzene rings is 2. The summed E-state index contributed by atoms with van der Waals surface area (Å²) in [7, 11) is 2.16. The number of aryl methyl sites for hydroxylation is 1. The van der Waals surface area contributed by atoms with Crippen LogP contribution in [0.4, 0.5) is 5.69 Å². The minimum atomic E-state index is 0.923. The van der Waals surface area contributed by atoms with E-state index < -0.39 is 0 Å². The molecule has 0 aliphatic rings. The van der Waals surface area contributed by atoms with Crippen LogP contribution < -0.4 is 4.90 Å². The van der Waals surface area contributed by atoms with Gasteiger partial charge in [0, 0.05) is 24.6 Å². The van der Waals surface area contributed by atoms with E-state index in [0.29, 0.717) is 0 Å². The molecular weight excluding hydrogens is 298 g/mol. The Morgan fingerprint density at radius 2 is 1.79 bits per heavy atom. The van der Waals surface area contributed by atoms with E-state index in [1.54, 1.807) is 0 Å². The van der Waals surface area contributed by atoms with Crippen LogP contribution in [0.15, 0.2) is 48.5 Å². The first kappa shape index (κ1) is 14.1. The highest BCUT2D eigenvalue weighted by atomic mass is 79.9. The molecule has 2 rings (SSSR count). The molecule has 0 heterocycles. The van der Waals surface area contributed by atoms with Crippen LogP contribution in [0.3, 0.4) is 0 Å². The van der Waals surface area contributed by atoms with Crippen molar-refractivity contribution in [1.82, 2.24) is 0 Å². The number of hydrogen-bond acceptors (Lipinski definition) is 1. The Morgan fingerprint density at radius 3 is 2.42 bits per heavy atom. The largest absolute Gasteiger partial charge is 0.374 e. The van der Waals surface area contributed by atoms with Crippen molar-refractivity contribution < 1.29 is 0 Å². The van der Waals surface area contributed by atoms with E-state index >= 15 is 0 Å². The van der Waals surface area contributed by atoms with Gasteiger partial charge in [0.2, 0.25) is 0 Å². The van der Waals surface area contributed by atoms with Crippen molar-refractivity contribution in [3.05, 3.63) is 65.2 Å². The Balaban J connectivity index is 2.00. The number of halogens is 1. The molecule has 0 radical (unpaired) electrons. The second-order valence-corrected chi connectivity index (χ2v) is 5.46. The Bertz CT molecular complexity index is 522. The normalized spacial score (nSPS) is 10.5. The molecule has 0 unspecified atom stereocenters. The van der Waals surface area contributed by atoms with Gasteiger partial charge in [-0.1, -0.05) is 52.3 Å². The third-order valence-electron chi connectivity index (χ3n) is 3.49. The van der Waals surface area contributed by atoms with Gasteiger partial charge in [-0.3, -0.25) is 0 Å². The second kappa shape index (κ2) is 6.76. The van der Waals surface area contributed by atoms with Crippen molar-refractivity contribution in [3.63, 3.8) is 0 Å². The van der Waals surface area contributed by atoms with E-state index in [0.717, 1.165) is 18.3 Å². The third-order valence-corrected chi connectivity index (χ3v) is 4.09. The van der Waals surface area contributed by atoms with E-state index in [4.69, 9.17) is 0 Å². The molecule has 2 aromatic carbocycles. The number of hydrogen-bond donors (Lipinski definition) is 0. The van der Waals surface area contributed by atoms with E-state index in [1.165, 1.54) is 22.4 Å². The quantitative estimate of drug-likeness (QED) is 0.730. The minimum absolute atomic E-state index is 0.923. The molecule has 0 aliphatic heterocycles. The first-order chi connectivity index (χ1) is 9.20. The summed E-state index contributed by atoms with van der Waals surface area (Å²) in [5.41, 5.74) is 5.39. The topological polar surface area (TPSA) is 3.24 Å². The van der Waals surface area contributed by atoms with Gasteiger partial charge in [-0.2, -0.15) is 0 Å². The maximum atomic E-state index is 3.52. The molecule has 0 aliphatic carbocycles. The van der Waals surface area contributed by atoms with Crippen LogP contribution in [0.25, 0.3) is 0 Å². The van der Waals surface area contributed by atoms with Crippen LogP contribution >= 0.6 is 15.9 Å². The molecule has 0 spiro atoms. The molecule has 2 aromatic rings. The average molecular weight is 318 g/mol. The summed E-state index contributed by atoms with van der Waals surface area (Å²) in [6.45, 7) is 3.21. The van der Waals surface area contributed by atoms with Gasteiger partial charge < -0.3 is 4.90 Å². The maximum Gasteiger partial charge on any atom is 0.0366 e. The van der Waals surface area contributed by atoms with Crippen LogP contribution in [0, 0.1) is 6.92 Å². The van der Waals surface area contributed by atoms with E-state index in [9.17, 15) is 0 Å². The Hall–Kier alpha value is -1.28. The maximum absolute atomic E-state index is 3.52. The summed E-state index contributed by atoms with van der Waals surface area (Å²) in [5.74, 6) is 0. The first-order valence-electron chi connectivity index (χ1n) is 6.61. The van der Waals surface area contributed by atoms with Gasteiger partial charge in [0.25, 0.3) is 0 Å². The Kier molecular flexibility index (Phi) is 5.03. The molecule has 0 amide bonds. The minimum Gasteiger partial charge on any atom is -0.374 e. The zero-order chi connectivity index (χ0) is 13.7. The van der Waals surface area contributed by atoms with Crippen molar-refractivity contribution in [2.45, 2.75) is 18.7 Å². The lowest BCUT2D eigenvalue weighted by atomic mass is 10.1. The third kappa shape index (κ3) is 3.84. The molecular formula is C17H20BrN. The molecule has 0 N–H and O–H groups in total. The molecule has 0 saturated heterocycles. The molecule has 0 atom stereocenters. The van der Waals surface area contributed by atoms with Crippen LogP contribution in [0.1, 0.15) is 16.7 Å². The van der Waals surface area contributed by atoms with E-state index in [2.05, 4.69) is 83.3 Å². The van der Waals surface area contributed by atoms with Crippen LogP contribution in [-0.2, 0) is 11.8 Å². The monoisotopic (exact) mass is 317 g/mol. The average Bonchev–Trinajstić information content (AvgIpc) is 2.45. The molecule has 0 aromatic heterocycles. The van der Waals surface area contributed by atoms with Gasteiger partial charge in [-0.25, -0.2) is 0 Å². The standard InChI is InChI=1S/C17H20BrN/c1-14-12-17(9-8-16(14)13-18)19(2)11-10-15-6-4-3-5-7-15/h3-9,12H,10-11,13H2,1-2H3. The predicted octanol–water partition coefficient (Wildman–Crippen LogP) is 4.57. The zero-order valence-corrected chi connectivity index (χ0v) is 13.2. The van der Waals surface area contributed by atoms with Crippen LogP contribution in [-0.4, -0.2) is 13.6 Å². The highest BCUT2D eigenvalue weighted by Gasteiger charge is 2.04. The summed E-state index contributed by atoms with van der Waals surface area (Å²) in [6, 6.07) is 17.3. The van der Waals surface area contributed by atoms with Gasteiger partial charge in [0.05, 0.1) is 0 Å². The zero-order valence-electron chi connectivity index (χ0n) is 11.6. The lowest BCUT2D eigenvalue weighted by molar-refractivity contribution is 0.876. The molecule has 1 nitrogen and oxygen atoms in total. The fraction of sp³-hybridized carbons (Fsp3) is 0.294. The number of anilines is 1. The number of rotatable bonds is 5. The molecule has 100 valence electrons. The fourth-order valence-electron chi connectivity index (χ4n) is 2.14. The van der Waals surface area contributed by atoms with Gasteiger partial charge in [0.1, 0.15) is 0 Å². The van der Waals surface area contributed by atoms with E-state index in [-0.39, 0.29) is 0 Å². The number of likely N-dealkylation sites (N-methyl/N-ethyl adjacent to an activating group) is 1. The summed E-state index contributed by atoms with van der Waals surface area (Å²) in [5, 5.41) is 0.923. The highest BCUT2D eigenvalue weighted by molar-refractivity contribution is 9.08. The van der Waals surface area contributed by atoms with Crippen LogP contribution in [0.2, 0.25) is 0 Å². The Labute approximate surface area is 124 Å². The van der Waals surface area contributed by atoms with Crippen molar-refractivity contribution in [2.24, 2.45) is 0 Å². The van der Waals surface area contributed by atoms with Crippen LogP contribution in [0.5, 0.6) is 0 Å². The highest BCUT2D eigenvalue weighted by Crippen LogP contribution is 2.20. The number of alkyl halides is 1. The lowest BCUT2D eigenvalue weighted by Crippen LogP contribution is -2.20. The lowest BCUT2D eigenvalue weighted by Gasteiger charge is -2.20. The van der Waals surface area contributed by atoms with Gasteiger partial charge in [0.15, 0.2) is 0 Å². The Morgan fingerprint density at radius 1 is 1.05 bits per heavy atom. The summed E-state index contributed by atoms with van der Waals surface area (Å²) in [6.07, 6.45) is 1.08. The van der Waals surface area contributed by atoms with Gasteiger partial charge in [-0.15, -0.1) is 0 Å². The second-order valence-electron chi connectivity index (χ2n) is 4.90. The van der Waals surface area contributed by atoms with Crippen molar-refractivity contribution in [1.29, 1.82) is 0 Å². The molecule has 0 bridgehead atoms. The molecule has 0 saturated carbocycles. The summed E-state index contributed by atoms with van der Waals surface area (Å²) < 4.78 is 0. The van der Waals surface area contributed by atoms with E-state index in [1.807, 2.05) is 0 Å². The summed E-state index contributed by atoms with van der Waals surface area (Å²) >= 11 is 3.52. The predicted molar refractivity (Wildman–Crippen MR) is 87.2 cm³/mol. The van der Waals surface area contributed by atoms with Crippen molar-refractivity contribution in [3.8, 4) is 0 Å². The van der Waals surface area contributed by atoms with Gasteiger partial charge >= 0.3 is 0 Å². The van der Waals surface area contributed by atoms with Crippen molar-refractivity contribution in [2.75, 3.05) is 18.5 Å². The fourth-order valence-corrected chi connectivity index (χ4v) is 2.77. The SMILES string of the molecule is Cc1cc(N(C)CCc2ccccc2)ccc1CBr. The van der Waals surface area contributed by atoms with Gasteiger partial charge in [-0.05, 0) is 42.2 Å². The smallest absolute Gasteiger partial charge is 0.0366 e. The first-order valence-corrected chi connectivity index (χ1v) is 7.73. The molecule has 0 fully saturated rings. The molecule has 19 heavy (non-hydrogen) atoms. The molecule has 2 heteroatoms. The number of nitrogens with zero attached hydrogens (tertiary/aromatic N) is 1. The van der Waals surface area contributed by atoms with Crippen molar-refractivity contribution >= 4 is 21.6 Å².